The van der Waals surface area contributed by atoms with Gasteiger partial charge < -0.3 is 48.5 Å². The fraction of sp³-hybridized carbons (Fsp3) is 0.375. The SMILES string of the molecule is COc1ccc(-c2coc3cc(O[C@H]4O[C@@H](CO)[C@@H](O)[C@@H](O)[C@@H]4O)c(OC)cc3c2=O)cc1OC. The average Bonchev–Trinajstić information content (AvgIpc) is 2.88. The molecule has 11 heteroatoms. The maximum Gasteiger partial charge on any atom is 0.229 e. The molecule has 0 bridgehead atoms. The Bertz CT molecular complexity index is 1250. The summed E-state index contributed by atoms with van der Waals surface area (Å²) in [4.78, 5) is 13.3. The highest BCUT2D eigenvalue weighted by molar-refractivity contribution is 5.85. The summed E-state index contributed by atoms with van der Waals surface area (Å²) in [6.45, 7) is -0.604. The third-order valence-electron chi connectivity index (χ3n) is 5.84. The zero-order valence-electron chi connectivity index (χ0n) is 19.2. The Hall–Kier alpha value is -3.35. The Kier molecular flexibility index (Phi) is 7.15. The maximum atomic E-state index is 13.3. The standard InChI is InChI=1S/C24H26O11/c1-30-14-5-4-11(6-16(14)31-2)13-10-33-15-8-18(17(32-3)7-12(15)20(13)26)34-24-23(29)22(28)21(27)19(9-25)35-24/h4-8,10,19,21-25,27-29H,9H2,1-3H3/t19-,21+,22+,23-,24-/m0/s1. The number of rotatable bonds is 7. The monoisotopic (exact) mass is 490 g/mol. The number of methoxy groups -OCH3 is 3. The number of hydrogen-bond acceptors (Lipinski definition) is 11. The van der Waals surface area contributed by atoms with Crippen LogP contribution in [0.3, 0.4) is 0 Å². The second kappa shape index (κ2) is 10.1. The van der Waals surface area contributed by atoms with Crippen LogP contribution in [0, 0.1) is 0 Å². The van der Waals surface area contributed by atoms with E-state index in [-0.39, 0.29) is 33.5 Å². The second-order valence-electron chi connectivity index (χ2n) is 7.86. The van der Waals surface area contributed by atoms with Crippen LogP contribution in [0.5, 0.6) is 23.0 Å². The van der Waals surface area contributed by atoms with Crippen molar-refractivity contribution in [2.45, 2.75) is 30.7 Å². The van der Waals surface area contributed by atoms with E-state index in [2.05, 4.69) is 0 Å². The molecule has 0 aliphatic carbocycles. The molecular formula is C24H26O11. The Labute approximate surface area is 199 Å². The maximum absolute atomic E-state index is 13.3. The van der Waals surface area contributed by atoms with Crippen molar-refractivity contribution in [3.63, 3.8) is 0 Å². The predicted molar refractivity (Wildman–Crippen MR) is 122 cm³/mol. The average molecular weight is 490 g/mol. The molecule has 0 amide bonds. The van der Waals surface area contributed by atoms with Gasteiger partial charge in [-0.15, -0.1) is 0 Å². The first-order valence-corrected chi connectivity index (χ1v) is 10.7. The van der Waals surface area contributed by atoms with Gasteiger partial charge in [-0.3, -0.25) is 4.79 Å². The van der Waals surface area contributed by atoms with E-state index in [4.69, 9.17) is 28.1 Å². The molecule has 35 heavy (non-hydrogen) atoms. The molecule has 2 heterocycles. The van der Waals surface area contributed by atoms with Crippen LogP contribution in [0.1, 0.15) is 0 Å². The molecule has 0 spiro atoms. The van der Waals surface area contributed by atoms with E-state index in [9.17, 15) is 25.2 Å². The largest absolute Gasteiger partial charge is 0.493 e. The number of fused-ring (bicyclic) bond motifs is 1. The van der Waals surface area contributed by atoms with Crippen molar-refractivity contribution in [2.24, 2.45) is 0 Å². The van der Waals surface area contributed by atoms with Gasteiger partial charge in [-0.05, 0) is 23.8 Å². The molecule has 0 saturated carbocycles. The van der Waals surface area contributed by atoms with Gasteiger partial charge in [-0.1, -0.05) is 6.07 Å². The van der Waals surface area contributed by atoms with E-state index in [0.29, 0.717) is 17.1 Å². The highest BCUT2D eigenvalue weighted by Crippen LogP contribution is 2.36. The highest BCUT2D eigenvalue weighted by Gasteiger charge is 2.45. The molecule has 2 aromatic carbocycles. The van der Waals surface area contributed by atoms with Gasteiger partial charge in [-0.25, -0.2) is 0 Å². The first kappa shape index (κ1) is 24.8. The number of ether oxygens (including phenoxy) is 5. The molecule has 0 radical (unpaired) electrons. The van der Waals surface area contributed by atoms with Gasteiger partial charge in [0.15, 0.2) is 23.0 Å². The van der Waals surface area contributed by atoms with Crippen molar-refractivity contribution in [2.75, 3.05) is 27.9 Å². The van der Waals surface area contributed by atoms with E-state index in [1.165, 1.54) is 39.7 Å². The lowest BCUT2D eigenvalue weighted by Crippen LogP contribution is -2.60. The molecule has 11 nitrogen and oxygen atoms in total. The molecule has 1 aromatic heterocycles. The summed E-state index contributed by atoms with van der Waals surface area (Å²) in [6, 6.07) is 7.84. The molecule has 1 aliphatic heterocycles. The first-order valence-electron chi connectivity index (χ1n) is 10.7. The fourth-order valence-electron chi connectivity index (χ4n) is 3.88. The van der Waals surface area contributed by atoms with Gasteiger partial charge in [0.1, 0.15) is 36.3 Å². The zero-order chi connectivity index (χ0) is 25.3. The molecule has 5 atom stereocenters. The van der Waals surface area contributed by atoms with Crippen LogP contribution in [0.25, 0.3) is 22.1 Å². The van der Waals surface area contributed by atoms with Crippen LogP contribution in [0.15, 0.2) is 45.8 Å². The van der Waals surface area contributed by atoms with E-state index < -0.39 is 37.3 Å². The minimum absolute atomic E-state index is 0.0475. The Morgan fingerprint density at radius 3 is 2.20 bits per heavy atom. The number of hydrogen-bond donors (Lipinski definition) is 4. The lowest BCUT2D eigenvalue weighted by Gasteiger charge is -2.39. The van der Waals surface area contributed by atoms with Gasteiger partial charge in [0.05, 0.1) is 38.9 Å². The summed E-state index contributed by atoms with van der Waals surface area (Å²) in [7, 11) is 4.37. The van der Waals surface area contributed by atoms with E-state index in [1.54, 1.807) is 18.2 Å². The van der Waals surface area contributed by atoms with Crippen LogP contribution < -0.4 is 24.4 Å². The van der Waals surface area contributed by atoms with Crippen LogP contribution in [-0.4, -0.2) is 79.1 Å². The highest BCUT2D eigenvalue weighted by atomic mass is 16.7. The second-order valence-corrected chi connectivity index (χ2v) is 7.86. The smallest absolute Gasteiger partial charge is 0.229 e. The Morgan fingerprint density at radius 1 is 0.857 bits per heavy atom. The lowest BCUT2D eigenvalue weighted by atomic mass is 9.99. The fourth-order valence-corrected chi connectivity index (χ4v) is 3.88. The van der Waals surface area contributed by atoms with E-state index in [1.807, 2.05) is 0 Å². The van der Waals surface area contributed by atoms with Gasteiger partial charge >= 0.3 is 0 Å². The summed E-state index contributed by atoms with van der Waals surface area (Å²) >= 11 is 0. The summed E-state index contributed by atoms with van der Waals surface area (Å²) < 4.78 is 32.7. The minimum Gasteiger partial charge on any atom is -0.493 e. The third kappa shape index (κ3) is 4.51. The molecule has 188 valence electrons. The summed E-state index contributed by atoms with van der Waals surface area (Å²) in [5.41, 5.74) is 0.665. The number of benzene rings is 2. The molecule has 1 fully saturated rings. The van der Waals surface area contributed by atoms with Crippen molar-refractivity contribution in [1.29, 1.82) is 0 Å². The van der Waals surface area contributed by atoms with Crippen molar-refractivity contribution in [3.05, 3.63) is 46.8 Å². The predicted octanol–water partition coefficient (Wildman–Crippen LogP) is 0.665. The van der Waals surface area contributed by atoms with Gasteiger partial charge in [0.2, 0.25) is 11.7 Å². The molecule has 4 rings (SSSR count). The minimum atomic E-state index is -1.62. The molecular weight excluding hydrogens is 464 g/mol. The van der Waals surface area contributed by atoms with Crippen LogP contribution in [-0.2, 0) is 4.74 Å². The first-order chi connectivity index (χ1) is 16.8. The van der Waals surface area contributed by atoms with Crippen molar-refractivity contribution < 1.29 is 48.5 Å². The summed E-state index contributed by atoms with van der Waals surface area (Å²) in [5, 5.41) is 39.8. The number of aliphatic hydroxyl groups excluding tert-OH is 4. The molecule has 0 unspecified atom stereocenters. The Balaban J connectivity index is 1.72. The van der Waals surface area contributed by atoms with Gasteiger partial charge in [0.25, 0.3) is 0 Å². The van der Waals surface area contributed by atoms with Crippen LogP contribution in [0.4, 0.5) is 0 Å². The van der Waals surface area contributed by atoms with Gasteiger partial charge in [-0.2, -0.15) is 0 Å². The molecule has 3 aromatic rings. The quantitative estimate of drug-likeness (QED) is 0.369. The van der Waals surface area contributed by atoms with Crippen LogP contribution in [0.2, 0.25) is 0 Å². The lowest BCUT2D eigenvalue weighted by molar-refractivity contribution is -0.277. The van der Waals surface area contributed by atoms with E-state index in [0.717, 1.165) is 0 Å². The van der Waals surface area contributed by atoms with Crippen molar-refractivity contribution in [3.8, 4) is 34.1 Å². The van der Waals surface area contributed by atoms with Gasteiger partial charge in [0, 0.05) is 6.07 Å². The molecule has 1 aliphatic rings. The zero-order valence-corrected chi connectivity index (χ0v) is 19.2. The topological polar surface area (TPSA) is 157 Å². The third-order valence-corrected chi connectivity index (χ3v) is 5.84. The molecule has 1 saturated heterocycles. The Morgan fingerprint density at radius 2 is 1.54 bits per heavy atom. The van der Waals surface area contributed by atoms with E-state index >= 15 is 0 Å². The number of aliphatic hydroxyl groups is 4. The van der Waals surface area contributed by atoms with Crippen LogP contribution >= 0.6 is 0 Å². The summed E-state index contributed by atoms with van der Waals surface area (Å²) in [6.07, 6.45) is -6.04. The van der Waals surface area contributed by atoms with Crippen molar-refractivity contribution >= 4 is 11.0 Å². The summed E-state index contributed by atoms with van der Waals surface area (Å²) in [5.74, 6) is 1.14. The normalized spacial score (nSPS) is 24.3. The molecule has 4 N–H and O–H groups in total. The van der Waals surface area contributed by atoms with Crippen molar-refractivity contribution in [1.82, 2.24) is 0 Å².